The van der Waals surface area contributed by atoms with Gasteiger partial charge in [0.1, 0.15) is 39.1 Å². The fourth-order valence-electron chi connectivity index (χ4n) is 7.30. The molecule has 0 aliphatic rings. The van der Waals surface area contributed by atoms with E-state index >= 15 is 0 Å². The van der Waals surface area contributed by atoms with E-state index in [0.717, 1.165) is 0 Å². The lowest BCUT2D eigenvalue weighted by Crippen LogP contribution is -2.33. The van der Waals surface area contributed by atoms with Crippen molar-refractivity contribution in [3.63, 3.8) is 0 Å². The van der Waals surface area contributed by atoms with Crippen molar-refractivity contribution < 1.29 is 0 Å². The zero-order valence-corrected chi connectivity index (χ0v) is 34.9. The summed E-state index contributed by atoms with van der Waals surface area (Å²) < 4.78 is 0. The Hall–Kier alpha value is -2.97. The van der Waals surface area contributed by atoms with Crippen LogP contribution in [0.3, 0.4) is 0 Å². The predicted octanol–water partition coefficient (Wildman–Crippen LogP) is 12.8. The van der Waals surface area contributed by atoms with Gasteiger partial charge in [0.05, 0.1) is 6.66 Å². The molecule has 8 aromatic rings. The van der Waals surface area contributed by atoms with Crippen molar-refractivity contribution in [2.45, 2.75) is 0 Å². The lowest BCUT2D eigenvalue weighted by atomic mass is 9.93. The minimum atomic E-state index is -2.35. The second-order valence-electron chi connectivity index (χ2n) is 12.9. The van der Waals surface area contributed by atoms with Crippen molar-refractivity contribution in [2.24, 2.45) is 0 Å². The molecule has 8 aromatic carbocycles. The summed E-state index contributed by atoms with van der Waals surface area (Å²) in [5, 5.41) is 15.2. The molecule has 0 amide bonds. The summed E-state index contributed by atoms with van der Waals surface area (Å²) in [6.07, 6.45) is 0. The maximum absolute atomic E-state index is 6.53. The quantitative estimate of drug-likeness (QED) is 0.110. The van der Waals surface area contributed by atoms with E-state index in [2.05, 4.69) is 150 Å². The van der Waals surface area contributed by atoms with Crippen LogP contribution in [0.1, 0.15) is 0 Å². The normalized spacial score (nSPS) is 12.0. The number of rotatable bonds is 7. The Morgan fingerprint density at radius 1 is 0.365 bits per heavy atom. The Labute approximate surface area is 338 Å². The summed E-state index contributed by atoms with van der Waals surface area (Å²) in [6, 6.07) is 60.5. The van der Waals surface area contributed by atoms with Gasteiger partial charge in [-0.1, -0.05) is 107 Å². The standard InChI is InChI=1S/C45H31Cl4IP2/c1-51(36-20-12-32(46)13-21-36,37-22-14-33(47)15-23-37)42-28-10-30-6-2-4-8-40(30)44(42)45-41-9-5-3-7-31(41)11-29-43(45)52(50,38-24-16-34(48)17-25-38)39-26-18-35(49)19-27-39/h2-29H,1H3/q+2. The van der Waals surface area contributed by atoms with Crippen LogP contribution in [-0.2, 0) is 0 Å². The van der Waals surface area contributed by atoms with Crippen molar-refractivity contribution in [3.05, 3.63) is 190 Å². The van der Waals surface area contributed by atoms with Crippen LogP contribution in [0.15, 0.2) is 170 Å². The van der Waals surface area contributed by atoms with Crippen molar-refractivity contribution in [3.8, 4) is 11.1 Å². The minimum absolute atomic E-state index is 0.712. The van der Waals surface area contributed by atoms with Crippen molar-refractivity contribution in [2.75, 3.05) is 6.66 Å². The zero-order valence-electron chi connectivity index (χ0n) is 28.0. The van der Waals surface area contributed by atoms with E-state index in [1.807, 2.05) is 48.5 Å². The molecular weight excluding hydrogens is 871 g/mol. The maximum atomic E-state index is 6.53. The first-order valence-electron chi connectivity index (χ1n) is 16.7. The highest BCUT2D eigenvalue weighted by molar-refractivity contribution is 14.2. The second kappa shape index (κ2) is 14.7. The monoisotopic (exact) mass is 900 g/mol. The molecule has 52 heavy (non-hydrogen) atoms. The van der Waals surface area contributed by atoms with Crippen LogP contribution in [0.2, 0.25) is 20.1 Å². The van der Waals surface area contributed by atoms with Crippen LogP contribution >= 0.6 is 80.6 Å². The summed E-state index contributed by atoms with van der Waals surface area (Å²) >= 11 is 28.9. The first kappa shape index (κ1) is 36.0. The average molecular weight is 902 g/mol. The molecule has 0 aliphatic carbocycles. The molecule has 0 saturated heterocycles. The van der Waals surface area contributed by atoms with Crippen LogP contribution in [0.4, 0.5) is 0 Å². The molecule has 0 bridgehead atoms. The molecule has 0 atom stereocenters. The van der Waals surface area contributed by atoms with Crippen LogP contribution < -0.4 is 31.8 Å². The van der Waals surface area contributed by atoms with Gasteiger partial charge in [-0.15, -0.1) is 0 Å². The molecule has 254 valence electrons. The SMILES string of the molecule is C[P+](c1ccc(Cl)cc1)(c1ccc(Cl)cc1)c1ccc2ccccc2c1-c1c([P+](I)(c2ccc(Cl)cc2)c2ccc(Cl)cc2)ccc2ccccc12. The third-order valence-electron chi connectivity index (χ3n) is 9.93. The molecule has 0 aromatic heterocycles. The first-order valence-corrected chi connectivity index (χ1v) is 25.0. The topological polar surface area (TPSA) is 0 Å². The molecule has 0 radical (unpaired) electrons. The van der Waals surface area contributed by atoms with Gasteiger partial charge < -0.3 is 0 Å². The number of hydrogen-bond donors (Lipinski definition) is 0. The highest BCUT2D eigenvalue weighted by Gasteiger charge is 2.49. The maximum Gasteiger partial charge on any atom is 0.173 e. The summed E-state index contributed by atoms with van der Waals surface area (Å²) in [7, 11) is -2.32. The van der Waals surface area contributed by atoms with Gasteiger partial charge >= 0.3 is 0 Å². The summed E-state index contributed by atoms with van der Waals surface area (Å²) in [5.41, 5.74) is 2.49. The fourth-order valence-corrected chi connectivity index (χ4v) is 17.1. The Morgan fingerprint density at radius 2 is 0.692 bits per heavy atom. The van der Waals surface area contributed by atoms with E-state index in [-0.39, 0.29) is 0 Å². The third-order valence-corrected chi connectivity index (χ3v) is 22.9. The lowest BCUT2D eigenvalue weighted by Gasteiger charge is -2.29. The summed E-state index contributed by atoms with van der Waals surface area (Å²) in [5.74, 6) is 0. The molecule has 0 unspecified atom stereocenters. The molecule has 0 saturated carbocycles. The highest BCUT2D eigenvalue weighted by atomic mass is 127. The molecule has 0 spiro atoms. The Bertz CT molecular complexity index is 2300. The predicted molar refractivity (Wildman–Crippen MR) is 244 cm³/mol. The van der Waals surface area contributed by atoms with Gasteiger partial charge in [0.2, 0.25) is 0 Å². The van der Waals surface area contributed by atoms with Crippen LogP contribution in [0.25, 0.3) is 32.7 Å². The van der Waals surface area contributed by atoms with Crippen molar-refractivity contribution >= 4 is 134 Å². The Kier molecular flexibility index (Phi) is 10.2. The average Bonchev–Trinajstić information content (AvgIpc) is 3.17. The van der Waals surface area contributed by atoms with Gasteiger partial charge in [-0.05, 0) is 131 Å². The van der Waals surface area contributed by atoms with Gasteiger partial charge in [0.15, 0.2) is 26.9 Å². The van der Waals surface area contributed by atoms with E-state index < -0.39 is 12.2 Å². The van der Waals surface area contributed by atoms with E-state index in [1.54, 1.807) is 0 Å². The minimum Gasteiger partial charge on any atom is -0.0843 e. The van der Waals surface area contributed by atoms with E-state index in [0.29, 0.717) is 20.1 Å². The van der Waals surface area contributed by atoms with E-state index in [9.17, 15) is 0 Å². The first-order chi connectivity index (χ1) is 25.2. The molecule has 0 nitrogen and oxygen atoms in total. The molecule has 0 heterocycles. The van der Waals surface area contributed by atoms with Crippen LogP contribution in [-0.4, -0.2) is 6.66 Å². The number of benzene rings is 8. The molecule has 0 aliphatic heterocycles. The van der Waals surface area contributed by atoms with Crippen LogP contribution in [0.5, 0.6) is 0 Å². The number of halogens is 5. The summed E-state index contributed by atoms with van der Waals surface area (Å²) in [6.45, 7) is 2.43. The molecular formula is C45H31Cl4IP2+2. The van der Waals surface area contributed by atoms with Gasteiger partial charge in [-0.2, -0.15) is 0 Å². The zero-order chi connectivity index (χ0) is 36.0. The molecule has 7 heteroatoms. The van der Waals surface area contributed by atoms with Crippen LogP contribution in [0, 0.1) is 0 Å². The number of hydrogen-bond acceptors (Lipinski definition) is 0. The summed E-state index contributed by atoms with van der Waals surface area (Å²) in [4.78, 5) is -2.35. The third kappa shape index (κ3) is 6.37. The number of fused-ring (bicyclic) bond motifs is 2. The Morgan fingerprint density at radius 3 is 1.10 bits per heavy atom. The van der Waals surface area contributed by atoms with E-state index in [1.165, 1.54) is 64.5 Å². The van der Waals surface area contributed by atoms with Crippen molar-refractivity contribution in [1.82, 2.24) is 0 Å². The fraction of sp³-hybridized carbons (Fsp3) is 0.0222. The van der Waals surface area contributed by atoms with Crippen molar-refractivity contribution in [1.29, 1.82) is 0 Å². The van der Waals surface area contributed by atoms with E-state index in [4.69, 9.17) is 46.4 Å². The van der Waals surface area contributed by atoms with Gasteiger partial charge in [0, 0.05) is 31.2 Å². The van der Waals surface area contributed by atoms with Gasteiger partial charge in [0.25, 0.3) is 0 Å². The molecule has 0 N–H and O–H groups in total. The lowest BCUT2D eigenvalue weighted by molar-refractivity contribution is 1.70. The Balaban J connectivity index is 1.57. The smallest absolute Gasteiger partial charge is 0.0843 e. The van der Waals surface area contributed by atoms with Gasteiger partial charge in [-0.3, -0.25) is 0 Å². The molecule has 8 rings (SSSR count). The largest absolute Gasteiger partial charge is 0.173 e. The highest BCUT2D eigenvalue weighted by Crippen LogP contribution is 2.66. The van der Waals surface area contributed by atoms with Gasteiger partial charge in [-0.25, -0.2) is 0 Å². The molecule has 0 fully saturated rings. The second-order valence-corrected chi connectivity index (χ2v) is 25.2.